The van der Waals surface area contributed by atoms with Gasteiger partial charge in [0.1, 0.15) is 23.1 Å². The van der Waals surface area contributed by atoms with Crippen molar-refractivity contribution < 1.29 is 24.4 Å². The van der Waals surface area contributed by atoms with Gasteiger partial charge in [0.2, 0.25) is 6.29 Å². The van der Waals surface area contributed by atoms with E-state index in [1.54, 1.807) is 0 Å². The molecule has 5 heteroatoms. The number of hydrogen-bond acceptors (Lipinski definition) is 5. The molecule has 0 aromatic rings. The maximum atomic E-state index is 11.7. The molecule has 2 fully saturated rings. The Hall–Kier alpha value is -2.44. The Morgan fingerprint density at radius 1 is 0.774 bits per heavy atom. The average Bonchev–Trinajstić information content (AvgIpc) is 3.39. The van der Waals surface area contributed by atoms with Gasteiger partial charge in [-0.2, -0.15) is 0 Å². The minimum Gasteiger partial charge on any atom is -0.466 e. The molecule has 4 aliphatic carbocycles. The molecule has 0 radical (unpaired) electrons. The number of rotatable bonds is 8. The maximum Gasteiger partial charge on any atom is 0.230 e. The average molecular weight is 418 g/mol. The van der Waals surface area contributed by atoms with E-state index in [4.69, 9.17) is 14.2 Å². The molecular formula is C26H26O5. The molecule has 0 amide bonds. The number of allylic oxidation sites excluding steroid dienone is 12. The lowest BCUT2D eigenvalue weighted by Crippen LogP contribution is -2.40. The monoisotopic (exact) mass is 418 g/mol. The van der Waals surface area contributed by atoms with Crippen LogP contribution in [0.1, 0.15) is 25.7 Å². The molecular weight excluding hydrogens is 392 g/mol. The van der Waals surface area contributed by atoms with E-state index in [9.17, 15) is 10.2 Å². The van der Waals surface area contributed by atoms with Crippen molar-refractivity contribution in [3.63, 3.8) is 0 Å². The van der Waals surface area contributed by atoms with Crippen LogP contribution in [0.3, 0.4) is 0 Å². The molecule has 160 valence electrons. The van der Waals surface area contributed by atoms with Gasteiger partial charge in [-0.1, -0.05) is 60.8 Å². The molecule has 5 nitrogen and oxygen atoms in total. The lowest BCUT2D eigenvalue weighted by atomic mass is 9.81. The highest BCUT2D eigenvalue weighted by Gasteiger charge is 2.60. The Bertz CT molecular complexity index is 1020. The summed E-state index contributed by atoms with van der Waals surface area (Å²) in [4.78, 5) is 0. The van der Waals surface area contributed by atoms with Crippen LogP contribution in [0.2, 0.25) is 0 Å². The minimum atomic E-state index is -1.16. The summed E-state index contributed by atoms with van der Waals surface area (Å²) in [5.41, 5.74) is 1.49. The summed E-state index contributed by atoms with van der Waals surface area (Å²) in [6, 6.07) is 0. The topological polar surface area (TPSA) is 74.8 Å². The van der Waals surface area contributed by atoms with Gasteiger partial charge < -0.3 is 24.4 Å². The third kappa shape index (κ3) is 3.07. The zero-order valence-electron chi connectivity index (χ0n) is 17.2. The fourth-order valence-corrected chi connectivity index (χ4v) is 5.15. The maximum absolute atomic E-state index is 11.7. The lowest BCUT2D eigenvalue weighted by molar-refractivity contribution is 0.0703. The fourth-order valence-electron chi connectivity index (χ4n) is 5.15. The number of hydrogen-bond donors (Lipinski definition) is 2. The van der Waals surface area contributed by atoms with Crippen LogP contribution in [0.5, 0.6) is 0 Å². The van der Waals surface area contributed by atoms with E-state index in [-0.39, 0.29) is 6.10 Å². The van der Waals surface area contributed by atoms with Crippen LogP contribution in [0, 0.1) is 0 Å². The second-order valence-electron chi connectivity index (χ2n) is 8.87. The first kappa shape index (κ1) is 19.3. The molecule has 31 heavy (non-hydrogen) atoms. The summed E-state index contributed by atoms with van der Waals surface area (Å²) in [6.45, 7) is 0.564. The van der Waals surface area contributed by atoms with Gasteiger partial charge in [-0.05, 0) is 47.6 Å². The molecule has 4 atom stereocenters. The third-order valence-electron chi connectivity index (χ3n) is 7.04. The van der Waals surface area contributed by atoms with Gasteiger partial charge in [0.05, 0.1) is 6.61 Å². The van der Waals surface area contributed by atoms with Gasteiger partial charge in [-0.3, -0.25) is 0 Å². The van der Waals surface area contributed by atoms with E-state index < -0.39 is 23.6 Å². The molecule has 2 N–H and O–H groups in total. The predicted molar refractivity (Wildman–Crippen MR) is 116 cm³/mol. The first-order valence-corrected chi connectivity index (χ1v) is 11.0. The van der Waals surface area contributed by atoms with Crippen molar-refractivity contribution in [2.24, 2.45) is 0 Å². The second-order valence-corrected chi connectivity index (χ2v) is 8.87. The van der Waals surface area contributed by atoms with E-state index in [1.807, 2.05) is 66.8 Å². The Balaban J connectivity index is 1.14. The van der Waals surface area contributed by atoms with Crippen LogP contribution >= 0.6 is 0 Å². The van der Waals surface area contributed by atoms with Crippen LogP contribution in [-0.4, -0.2) is 46.5 Å². The van der Waals surface area contributed by atoms with Gasteiger partial charge in [-0.15, -0.1) is 0 Å². The van der Waals surface area contributed by atoms with Gasteiger partial charge in [0, 0.05) is 6.42 Å². The first-order chi connectivity index (χ1) is 15.1. The summed E-state index contributed by atoms with van der Waals surface area (Å²) in [6.07, 6.45) is 23.4. The standard InChI is InChI=1S/C26H26O5/c27-25(22-16-29-22,17-7-1-2-8-17)20-13-14-21(15-20)30-24-23(31-24)26(28,18-9-3-4-10-18)19-11-5-6-12-19/h1-7,9,11,13-14,22-24,27-28H,8,10,12,15-16H2. The first-order valence-electron chi connectivity index (χ1n) is 11.0. The Labute approximate surface area is 181 Å². The smallest absolute Gasteiger partial charge is 0.230 e. The normalized spacial score (nSPS) is 32.5. The van der Waals surface area contributed by atoms with E-state index in [1.165, 1.54) is 0 Å². The SMILES string of the molecule is OC(C1=CC=CC1)(C1=CC=C(OC2OC2C(O)(C2=CC=CC2)C2=CC=CC2)C1)C1CO1. The summed E-state index contributed by atoms with van der Waals surface area (Å²) >= 11 is 0. The van der Waals surface area contributed by atoms with Gasteiger partial charge in [0.25, 0.3) is 0 Å². The van der Waals surface area contributed by atoms with Crippen molar-refractivity contribution in [3.8, 4) is 0 Å². The zero-order valence-corrected chi connectivity index (χ0v) is 17.2. The molecule has 6 aliphatic rings. The van der Waals surface area contributed by atoms with Crippen LogP contribution in [-0.2, 0) is 14.2 Å². The second kappa shape index (κ2) is 7.04. The molecule has 2 heterocycles. The van der Waals surface area contributed by atoms with Crippen molar-refractivity contribution in [2.45, 2.75) is 55.4 Å². The summed E-state index contributed by atoms with van der Waals surface area (Å²) in [5.74, 6) is 0.743. The van der Waals surface area contributed by atoms with Crippen molar-refractivity contribution in [3.05, 3.63) is 94.9 Å². The van der Waals surface area contributed by atoms with Crippen LogP contribution in [0.25, 0.3) is 0 Å². The molecule has 4 unspecified atom stereocenters. The van der Waals surface area contributed by atoms with Gasteiger partial charge in [-0.25, -0.2) is 0 Å². The Kier molecular flexibility index (Phi) is 4.37. The third-order valence-corrected chi connectivity index (χ3v) is 7.04. The van der Waals surface area contributed by atoms with E-state index in [0.29, 0.717) is 25.9 Å². The van der Waals surface area contributed by atoms with E-state index in [2.05, 4.69) is 0 Å². The van der Waals surface area contributed by atoms with Crippen LogP contribution < -0.4 is 0 Å². The number of aliphatic hydroxyl groups is 2. The summed E-state index contributed by atoms with van der Waals surface area (Å²) < 4.78 is 17.5. The van der Waals surface area contributed by atoms with Gasteiger partial charge in [0.15, 0.2) is 6.10 Å². The molecule has 2 aliphatic heterocycles. The zero-order chi connectivity index (χ0) is 21.1. The molecule has 0 aromatic heterocycles. The van der Waals surface area contributed by atoms with E-state index in [0.717, 1.165) is 34.5 Å². The van der Waals surface area contributed by atoms with E-state index >= 15 is 0 Å². The van der Waals surface area contributed by atoms with Crippen LogP contribution in [0.15, 0.2) is 94.9 Å². The van der Waals surface area contributed by atoms with Gasteiger partial charge >= 0.3 is 0 Å². The molecule has 2 saturated heterocycles. The highest BCUT2D eigenvalue weighted by atomic mass is 16.8. The van der Waals surface area contributed by atoms with Crippen LogP contribution in [0.4, 0.5) is 0 Å². The molecule has 0 saturated carbocycles. The molecule has 6 rings (SSSR count). The lowest BCUT2D eigenvalue weighted by Gasteiger charge is -2.30. The molecule has 0 spiro atoms. The highest BCUT2D eigenvalue weighted by molar-refractivity contribution is 5.48. The largest absolute Gasteiger partial charge is 0.466 e. The van der Waals surface area contributed by atoms with Crippen molar-refractivity contribution >= 4 is 0 Å². The quantitative estimate of drug-likeness (QED) is 0.591. The Morgan fingerprint density at radius 3 is 1.87 bits per heavy atom. The van der Waals surface area contributed by atoms with Crippen molar-refractivity contribution in [1.82, 2.24) is 0 Å². The minimum absolute atomic E-state index is 0.198. The molecule has 0 bridgehead atoms. The molecule has 0 aromatic carbocycles. The number of ether oxygens (including phenoxy) is 3. The summed E-state index contributed by atoms with van der Waals surface area (Å²) in [7, 11) is 0. The van der Waals surface area contributed by atoms with Crippen molar-refractivity contribution in [2.75, 3.05) is 6.61 Å². The van der Waals surface area contributed by atoms with Crippen molar-refractivity contribution in [1.29, 1.82) is 0 Å². The Morgan fingerprint density at radius 2 is 1.35 bits per heavy atom. The highest BCUT2D eigenvalue weighted by Crippen LogP contribution is 2.49. The number of epoxide rings is 2. The predicted octanol–water partition coefficient (Wildman–Crippen LogP) is 3.46. The summed E-state index contributed by atoms with van der Waals surface area (Å²) in [5, 5.41) is 23.2. The fraction of sp³-hybridized carbons (Fsp3) is 0.385.